The van der Waals surface area contributed by atoms with Gasteiger partial charge in [0.25, 0.3) is 0 Å². The molecule has 2 atom stereocenters. The van der Waals surface area contributed by atoms with Crippen LogP contribution < -0.4 is 155 Å². The Labute approximate surface area is 285 Å². The Morgan fingerprint density at radius 2 is 0.625 bits per heavy atom. The molecule has 0 bridgehead atoms. The van der Waals surface area contributed by atoms with Gasteiger partial charge in [0, 0.05) is 0 Å². The van der Waals surface area contributed by atoms with E-state index < -0.39 is 50.4 Å². The molecule has 0 fully saturated rings. The summed E-state index contributed by atoms with van der Waals surface area (Å²) in [6, 6.07) is 0. The molecule has 25 heteroatoms. The number of hydrogen-bond donors (Lipinski definition) is 10. The van der Waals surface area contributed by atoms with E-state index in [2.05, 4.69) is 0 Å². The van der Waals surface area contributed by atoms with Gasteiger partial charge in [0.15, 0.2) is 12.2 Å². The molecule has 0 aliphatic heterocycles. The molecule has 0 aromatic carbocycles. The molecule has 0 aliphatic carbocycles. The van der Waals surface area contributed by atoms with Gasteiger partial charge in [0.1, 0.15) is 0 Å². The summed E-state index contributed by atoms with van der Waals surface area (Å²) < 4.78 is 8.55. The number of carboxylic acids is 2. The standard InChI is InChI=1S/C4H6O6.3CH2O3.K.3Na.H3O4P.H2O/c5-1(3(7)8)2(6)4(9)10;3*2-1(3)4;;;;;1-5(2,3)4;/h1-2,5-6H,(H,7,8)(H,9,10);3*(H2,2,3,4);;;;;(H3,1,2,3,4);1H2/q;;;;4*+1;;/p-4. The largest absolute Gasteiger partial charge is 1.00 e. The fourth-order valence-corrected chi connectivity index (χ4v) is 0.270. The maximum absolute atomic E-state index is 9.77. The Bertz CT molecular complexity index is 459. The monoisotopic (exact) mass is 556 g/mol. The first-order chi connectivity index (χ1) is 11.7. The molecule has 0 saturated carbocycles. The van der Waals surface area contributed by atoms with E-state index >= 15 is 0 Å². The Balaban J connectivity index is -0.0000000242. The van der Waals surface area contributed by atoms with E-state index in [4.69, 9.17) is 84.7 Å². The number of hydrogen-bond acceptors (Lipinski definition) is 12. The molecular formula is C7H13KNa3O20P. The summed E-state index contributed by atoms with van der Waals surface area (Å²) in [7, 11) is -5.39. The van der Waals surface area contributed by atoms with Crippen LogP contribution in [0.4, 0.5) is 14.4 Å². The first-order valence-electron chi connectivity index (χ1n) is 4.97. The van der Waals surface area contributed by atoms with Crippen molar-refractivity contribution in [3.05, 3.63) is 0 Å². The molecule has 0 rings (SSSR count). The molecule has 170 valence electrons. The first kappa shape index (κ1) is 64.0. The molecule has 20 nitrogen and oxygen atoms in total. The zero-order chi connectivity index (χ0) is 23.5. The average Bonchev–Trinajstić information content (AvgIpc) is 2.32. The second kappa shape index (κ2) is 39.6. The van der Waals surface area contributed by atoms with E-state index in [9.17, 15) is 9.59 Å². The van der Waals surface area contributed by atoms with Crippen molar-refractivity contribution in [1.29, 1.82) is 0 Å². The molecule has 0 spiro atoms. The van der Waals surface area contributed by atoms with Gasteiger partial charge in [-0.1, -0.05) is 0 Å². The summed E-state index contributed by atoms with van der Waals surface area (Å²) in [6.07, 6.45) is -10.0. The van der Waals surface area contributed by atoms with Gasteiger partial charge >= 0.3 is 170 Å². The summed E-state index contributed by atoms with van der Waals surface area (Å²) in [4.78, 5) is 70.9. The van der Waals surface area contributed by atoms with E-state index in [0.29, 0.717) is 0 Å². The Morgan fingerprint density at radius 3 is 0.656 bits per heavy atom. The van der Waals surface area contributed by atoms with Gasteiger partial charge < -0.3 is 75.8 Å². The van der Waals surface area contributed by atoms with Crippen LogP contribution in [0, 0.1) is 0 Å². The number of carbonyl (C=O) groups is 5. The molecule has 32 heavy (non-hydrogen) atoms. The van der Waals surface area contributed by atoms with E-state index in [1.54, 1.807) is 0 Å². The average molecular weight is 556 g/mol. The Kier molecular flexibility index (Phi) is 79.2. The molecule has 11 N–H and O–H groups in total. The number of aliphatic hydroxyl groups excluding tert-OH is 2. The van der Waals surface area contributed by atoms with Crippen LogP contribution in [0.2, 0.25) is 0 Å². The minimum atomic E-state index is -5.39. The van der Waals surface area contributed by atoms with Gasteiger partial charge in [0.2, 0.25) is 0 Å². The number of rotatable bonds is 3. The smallest absolute Gasteiger partial charge is 0.870 e. The van der Waals surface area contributed by atoms with Gasteiger partial charge in [-0.3, -0.25) is 0 Å². The van der Waals surface area contributed by atoms with Crippen molar-refractivity contribution in [2.45, 2.75) is 12.2 Å². The number of aliphatic carboxylic acids is 2. The van der Waals surface area contributed by atoms with Crippen LogP contribution in [-0.4, -0.2) is 99.2 Å². The summed E-state index contributed by atoms with van der Waals surface area (Å²) in [6.45, 7) is 0. The molecule has 0 radical (unpaired) electrons. The number of phosphoric acid groups is 1. The third kappa shape index (κ3) is 162. The third-order valence-corrected chi connectivity index (χ3v) is 0.805. The predicted molar refractivity (Wildman–Crippen MR) is 68.8 cm³/mol. The quantitative estimate of drug-likeness (QED) is 0.114. The van der Waals surface area contributed by atoms with Crippen LogP contribution in [0.5, 0.6) is 0 Å². The fraction of sp³-hybridized carbons (Fsp3) is 0.286. The van der Waals surface area contributed by atoms with Crippen LogP contribution in [0.15, 0.2) is 0 Å². The van der Waals surface area contributed by atoms with E-state index in [-0.39, 0.29) is 146 Å². The second-order valence-electron chi connectivity index (χ2n) is 2.86. The zero-order valence-corrected chi connectivity index (χ0v) is 26.7. The SMILES string of the molecule is O=C(O)C(O)C(O)C(=O)O.O=C(O)O.O=C(O)O.O=C(O)O.O=P([O-])([O-])[O-].[K+].[Na+].[Na+].[Na+].[OH-]. The Hall–Kier alpha value is 1.38. The third-order valence-electron chi connectivity index (χ3n) is 0.805. The summed E-state index contributed by atoms with van der Waals surface area (Å²) in [5, 5.41) is 74.4. The first-order valence-corrected chi connectivity index (χ1v) is 6.43. The molecule has 0 aromatic heterocycles. The van der Waals surface area contributed by atoms with Crippen molar-refractivity contribution >= 4 is 38.2 Å². The molecule has 0 aliphatic rings. The van der Waals surface area contributed by atoms with Gasteiger partial charge in [-0.15, -0.1) is 0 Å². The van der Waals surface area contributed by atoms with Crippen molar-refractivity contribution in [3.8, 4) is 0 Å². The predicted octanol–water partition coefficient (Wildman–Crippen LogP) is -16.4. The summed E-state index contributed by atoms with van der Waals surface area (Å²) in [5.41, 5.74) is 0. The Morgan fingerprint density at radius 1 is 0.562 bits per heavy atom. The van der Waals surface area contributed by atoms with Gasteiger partial charge in [-0.05, 0) is 0 Å². The van der Waals surface area contributed by atoms with Crippen LogP contribution in [0.25, 0.3) is 0 Å². The second-order valence-corrected chi connectivity index (χ2v) is 3.76. The van der Waals surface area contributed by atoms with Gasteiger partial charge in [-0.2, -0.15) is 7.82 Å². The number of carboxylic acid groups (broad SMARTS) is 8. The summed E-state index contributed by atoms with van der Waals surface area (Å²) in [5.74, 6) is -3.54. The van der Waals surface area contributed by atoms with Crippen LogP contribution in [0.3, 0.4) is 0 Å². The molecule has 0 amide bonds. The van der Waals surface area contributed by atoms with Crippen molar-refractivity contribution in [2.24, 2.45) is 0 Å². The zero-order valence-electron chi connectivity index (χ0n) is 16.7. The topological polar surface area (TPSA) is 404 Å². The molecular weight excluding hydrogens is 543 g/mol. The van der Waals surface area contributed by atoms with E-state index in [0.717, 1.165) is 0 Å². The maximum atomic E-state index is 9.77. The number of aliphatic hydroxyl groups is 2. The molecule has 0 aromatic rings. The fourth-order valence-electron chi connectivity index (χ4n) is 0.270. The minimum absolute atomic E-state index is 0. The van der Waals surface area contributed by atoms with E-state index in [1.165, 1.54) is 0 Å². The van der Waals surface area contributed by atoms with Crippen LogP contribution >= 0.6 is 7.82 Å². The van der Waals surface area contributed by atoms with Crippen molar-refractivity contribution in [3.63, 3.8) is 0 Å². The minimum Gasteiger partial charge on any atom is -0.870 e. The summed E-state index contributed by atoms with van der Waals surface area (Å²) >= 11 is 0. The van der Waals surface area contributed by atoms with Crippen LogP contribution in [-0.2, 0) is 14.2 Å². The van der Waals surface area contributed by atoms with Crippen molar-refractivity contribution in [2.75, 3.05) is 0 Å². The van der Waals surface area contributed by atoms with Crippen LogP contribution in [0.1, 0.15) is 0 Å². The van der Waals surface area contributed by atoms with Crippen molar-refractivity contribution < 1.29 is 240 Å². The molecule has 2 unspecified atom stereocenters. The molecule has 0 heterocycles. The maximum Gasteiger partial charge on any atom is 1.00 e. The molecule has 0 saturated heterocycles. The van der Waals surface area contributed by atoms with E-state index in [1.807, 2.05) is 0 Å². The van der Waals surface area contributed by atoms with Gasteiger partial charge in [-0.25, -0.2) is 24.0 Å². The normalized spacial score (nSPS) is 9.03. The van der Waals surface area contributed by atoms with Gasteiger partial charge in [0.05, 0.1) is 0 Å². The van der Waals surface area contributed by atoms with Crippen molar-refractivity contribution in [1.82, 2.24) is 0 Å².